The van der Waals surface area contributed by atoms with Gasteiger partial charge in [0.2, 0.25) is 0 Å². The number of pyridine rings is 1. The van der Waals surface area contributed by atoms with E-state index >= 15 is 0 Å². The Morgan fingerprint density at radius 1 is 1.50 bits per heavy atom. The number of amidine groups is 2. The highest BCUT2D eigenvalue weighted by Gasteiger charge is 2.35. The summed E-state index contributed by atoms with van der Waals surface area (Å²) in [5.74, 6) is 0.342. The molecule has 0 aromatic carbocycles. The summed E-state index contributed by atoms with van der Waals surface area (Å²) in [6.07, 6.45) is 5.69. The molecule has 1 saturated heterocycles. The number of rotatable bonds is 6. The maximum atomic E-state index is 13.0. The quantitative estimate of drug-likeness (QED) is 0.715. The van der Waals surface area contributed by atoms with E-state index in [2.05, 4.69) is 26.9 Å². The highest BCUT2D eigenvalue weighted by molar-refractivity contribution is 7.84. The largest absolute Gasteiger partial charge is 0.333 e. The molecular weight excluding hydrogens is 398 g/mol. The fourth-order valence-electron chi connectivity index (χ4n) is 2.54. The molecule has 0 radical (unpaired) electrons. The highest BCUT2D eigenvalue weighted by Crippen LogP contribution is 2.18. The number of nitrogens with zero attached hydrogens (tertiary/aromatic N) is 4. The van der Waals surface area contributed by atoms with Crippen LogP contribution in [0.1, 0.15) is 32.9 Å². The number of aromatic nitrogens is 1. The molecule has 150 valence electrons. The average Bonchev–Trinajstić information content (AvgIpc) is 2.67. The van der Waals surface area contributed by atoms with Crippen LogP contribution in [0.15, 0.2) is 56.7 Å². The van der Waals surface area contributed by atoms with Crippen molar-refractivity contribution in [1.29, 1.82) is 0 Å². The molecule has 1 fully saturated rings. The molecule has 2 atom stereocenters. The maximum absolute atomic E-state index is 13.0. The lowest BCUT2D eigenvalue weighted by Crippen LogP contribution is -2.57. The zero-order valence-corrected chi connectivity index (χ0v) is 18.0. The lowest BCUT2D eigenvalue weighted by molar-refractivity contribution is -0.122. The molecule has 0 spiro atoms. The second kappa shape index (κ2) is 9.75. The number of nitrogens with one attached hydrogen (secondary N) is 1. The molecule has 2 heterocycles. The molecule has 1 aromatic rings. The summed E-state index contributed by atoms with van der Waals surface area (Å²) < 4.78 is 11.5. The molecular formula is C19H24ClN5O2S. The number of aliphatic imine (C=N–C) groups is 2. The van der Waals surface area contributed by atoms with Crippen LogP contribution >= 0.6 is 11.6 Å². The van der Waals surface area contributed by atoms with Gasteiger partial charge in [-0.3, -0.25) is 23.9 Å². The average molecular weight is 422 g/mol. The number of piperazine rings is 1. The van der Waals surface area contributed by atoms with Crippen LogP contribution in [0.5, 0.6) is 0 Å². The maximum Gasteiger partial charge on any atom is 0.295 e. The lowest BCUT2D eigenvalue weighted by Gasteiger charge is -2.35. The normalized spacial score (nSPS) is 21.1. The van der Waals surface area contributed by atoms with Gasteiger partial charge in [0.1, 0.15) is 5.16 Å². The van der Waals surface area contributed by atoms with Crippen LogP contribution in [0.25, 0.3) is 0 Å². The Hall–Kier alpha value is -2.32. The van der Waals surface area contributed by atoms with Gasteiger partial charge in [-0.25, -0.2) is 4.99 Å². The molecule has 1 aromatic heterocycles. The van der Waals surface area contributed by atoms with Gasteiger partial charge in [0.25, 0.3) is 5.91 Å². The summed E-state index contributed by atoms with van der Waals surface area (Å²) in [6, 6.07) is 3.40. The van der Waals surface area contributed by atoms with Crippen LogP contribution in [-0.4, -0.2) is 44.0 Å². The first kappa shape index (κ1) is 22.0. The third kappa shape index (κ3) is 5.14. The smallest absolute Gasteiger partial charge is 0.295 e. The van der Waals surface area contributed by atoms with Crippen LogP contribution < -0.4 is 5.32 Å². The standard InChI is InChI=1S/C19H24ClN5O2S/c1-6-12(3)25-18(23-13(4)20)16(7-2)24-17(19(25)26)22-10-14-8-9-15(11-21-14)28(5)27/h7-9,11-12H,4,6,10H2,1-3,5H3,(H,22,24)/b16-7+,23-18?/t12-,28?/m1/s1. The van der Waals surface area contributed by atoms with Gasteiger partial charge in [-0.15, -0.1) is 0 Å². The number of amides is 1. The zero-order chi connectivity index (χ0) is 20.8. The van der Waals surface area contributed by atoms with Gasteiger partial charge in [0.15, 0.2) is 11.7 Å². The highest BCUT2D eigenvalue weighted by atomic mass is 35.5. The molecule has 2 rings (SSSR count). The van der Waals surface area contributed by atoms with Gasteiger partial charge in [-0.1, -0.05) is 31.2 Å². The van der Waals surface area contributed by atoms with Crippen molar-refractivity contribution in [2.24, 2.45) is 9.98 Å². The van der Waals surface area contributed by atoms with Gasteiger partial charge in [0, 0.05) is 18.5 Å². The van der Waals surface area contributed by atoms with Gasteiger partial charge < -0.3 is 5.32 Å². The Labute approximate surface area is 172 Å². The first-order valence-electron chi connectivity index (χ1n) is 8.81. The first-order chi connectivity index (χ1) is 13.3. The molecule has 1 aliphatic heterocycles. The van der Waals surface area contributed by atoms with Gasteiger partial charge in [-0.2, -0.15) is 0 Å². The molecule has 1 unspecified atom stereocenters. The fourth-order valence-corrected chi connectivity index (χ4v) is 3.08. The van der Waals surface area contributed by atoms with Crippen molar-refractivity contribution in [2.45, 2.75) is 44.7 Å². The summed E-state index contributed by atoms with van der Waals surface area (Å²) in [6.45, 7) is 9.58. The Balaban J connectivity index is 2.35. The zero-order valence-electron chi connectivity index (χ0n) is 16.4. The summed E-state index contributed by atoms with van der Waals surface area (Å²) in [7, 11) is -1.09. The van der Waals surface area contributed by atoms with Crippen molar-refractivity contribution in [3.05, 3.63) is 47.5 Å². The minimum Gasteiger partial charge on any atom is -0.333 e. The fraction of sp³-hybridized carbons (Fsp3) is 0.368. The van der Waals surface area contributed by atoms with E-state index in [1.54, 1.807) is 35.6 Å². The van der Waals surface area contributed by atoms with E-state index in [0.29, 0.717) is 22.1 Å². The molecule has 0 aliphatic carbocycles. The number of halogens is 1. The van der Waals surface area contributed by atoms with Crippen LogP contribution in [0, 0.1) is 0 Å². The number of carbonyl (C=O) groups is 1. The van der Waals surface area contributed by atoms with Crippen molar-refractivity contribution in [3.8, 4) is 0 Å². The topological polar surface area (TPSA) is 87.0 Å². The number of allylic oxidation sites excluding steroid dienone is 1. The number of carbonyl (C=O) groups excluding carboxylic acids is 1. The molecule has 1 amide bonds. The van der Waals surface area contributed by atoms with Crippen molar-refractivity contribution < 1.29 is 9.00 Å². The van der Waals surface area contributed by atoms with Crippen LogP contribution in [0.3, 0.4) is 0 Å². The van der Waals surface area contributed by atoms with Crippen molar-refractivity contribution in [3.63, 3.8) is 0 Å². The van der Waals surface area contributed by atoms with E-state index in [1.165, 1.54) is 0 Å². The monoisotopic (exact) mass is 421 g/mol. The van der Waals surface area contributed by atoms with Crippen LogP contribution in [-0.2, 0) is 22.1 Å². The predicted molar refractivity (Wildman–Crippen MR) is 114 cm³/mol. The summed E-state index contributed by atoms with van der Waals surface area (Å²) in [5, 5.41) is 3.12. The third-order valence-electron chi connectivity index (χ3n) is 4.22. The van der Waals surface area contributed by atoms with Crippen molar-refractivity contribution in [1.82, 2.24) is 15.2 Å². The van der Waals surface area contributed by atoms with Gasteiger partial charge in [-0.05, 0) is 32.4 Å². The second-order valence-electron chi connectivity index (χ2n) is 6.18. The van der Waals surface area contributed by atoms with Gasteiger partial charge in [0.05, 0.1) is 33.6 Å². The van der Waals surface area contributed by atoms with Crippen molar-refractivity contribution in [2.75, 3.05) is 6.26 Å². The number of hydrogen-bond acceptors (Lipinski definition) is 5. The summed E-state index contributed by atoms with van der Waals surface area (Å²) >= 11 is 5.87. The predicted octanol–water partition coefficient (Wildman–Crippen LogP) is 2.96. The third-order valence-corrected chi connectivity index (χ3v) is 5.21. The molecule has 28 heavy (non-hydrogen) atoms. The minimum atomic E-state index is -1.09. The van der Waals surface area contributed by atoms with E-state index < -0.39 is 10.8 Å². The SMILES string of the molecule is C=C(Cl)N=C1/C(=C\C)NC(=NCc2ccc(S(C)=O)cn2)C(=O)N1[C@H](C)CC. The van der Waals surface area contributed by atoms with E-state index in [9.17, 15) is 9.00 Å². The minimum absolute atomic E-state index is 0.0928. The van der Waals surface area contributed by atoms with E-state index in [0.717, 1.165) is 6.42 Å². The number of hydrogen-bond donors (Lipinski definition) is 1. The summed E-state index contributed by atoms with van der Waals surface area (Å²) in [4.78, 5) is 28.2. The molecule has 0 bridgehead atoms. The van der Waals surface area contributed by atoms with Crippen LogP contribution in [0.4, 0.5) is 0 Å². The van der Waals surface area contributed by atoms with E-state index in [4.69, 9.17) is 11.6 Å². The first-order valence-corrected chi connectivity index (χ1v) is 10.7. The van der Waals surface area contributed by atoms with Crippen molar-refractivity contribution >= 4 is 40.0 Å². The molecule has 0 saturated carbocycles. The molecule has 7 nitrogen and oxygen atoms in total. The Kier molecular flexibility index (Phi) is 7.65. The Morgan fingerprint density at radius 2 is 2.21 bits per heavy atom. The van der Waals surface area contributed by atoms with E-state index in [1.807, 2.05) is 20.8 Å². The Morgan fingerprint density at radius 3 is 2.71 bits per heavy atom. The van der Waals surface area contributed by atoms with Gasteiger partial charge >= 0.3 is 0 Å². The Bertz CT molecular complexity index is 877. The van der Waals surface area contributed by atoms with E-state index in [-0.39, 0.29) is 29.5 Å². The van der Waals surface area contributed by atoms with Crippen LogP contribution in [0.2, 0.25) is 0 Å². The molecule has 1 N–H and O–H groups in total. The lowest BCUT2D eigenvalue weighted by atomic mass is 10.1. The molecule has 1 aliphatic rings. The summed E-state index contributed by atoms with van der Waals surface area (Å²) in [5.41, 5.74) is 1.30. The second-order valence-corrected chi connectivity index (χ2v) is 7.99. The molecule has 9 heteroatoms.